The van der Waals surface area contributed by atoms with Gasteiger partial charge in [-0.3, -0.25) is 0 Å². The Morgan fingerprint density at radius 1 is 0.562 bits per heavy atom. The fourth-order valence-corrected chi connectivity index (χ4v) is 4.15. The molecule has 2 N–H and O–H groups in total. The third-order valence-electron chi connectivity index (χ3n) is 6.81. The minimum absolute atomic E-state index is 0.181. The second kappa shape index (κ2) is 7.16. The first-order valence-electron chi connectivity index (χ1n) is 10.8. The maximum absolute atomic E-state index is 10.5. The summed E-state index contributed by atoms with van der Waals surface area (Å²) in [6, 6.07) is 0. The molecule has 0 unspecified atom stereocenters. The monoisotopic (exact) mass is 422 g/mol. The van der Waals surface area contributed by atoms with Gasteiger partial charge in [-0.05, 0) is 111 Å². The molecular weight excluding hydrogens is 396 g/mol. The molecule has 5 nitrogen and oxygen atoms in total. The molecule has 32 heavy (non-hydrogen) atoms. The molecule has 160 valence electrons. The molecule has 5 rings (SSSR count). The van der Waals surface area contributed by atoms with E-state index in [0.29, 0.717) is 5.70 Å². The van der Waals surface area contributed by atoms with Crippen LogP contribution in [0, 0.1) is 0 Å². The first-order chi connectivity index (χ1) is 15.2. The second-order valence-electron chi connectivity index (χ2n) is 8.69. The highest BCUT2D eigenvalue weighted by molar-refractivity contribution is 6.17. The van der Waals surface area contributed by atoms with Gasteiger partial charge in [0, 0.05) is 5.70 Å². The second-order valence-corrected chi connectivity index (χ2v) is 8.69. The molecule has 0 spiro atoms. The van der Waals surface area contributed by atoms with E-state index in [1.807, 2.05) is 18.2 Å². The predicted octanol–water partition coefficient (Wildman–Crippen LogP) is 5.84. The Labute approximate surface area is 188 Å². The van der Waals surface area contributed by atoms with Gasteiger partial charge in [0.2, 0.25) is 0 Å². The van der Waals surface area contributed by atoms with Crippen LogP contribution in [0.5, 0.6) is 0 Å². The minimum atomic E-state index is 0.181. The van der Waals surface area contributed by atoms with Crippen molar-refractivity contribution in [3.8, 4) is 0 Å². The minimum Gasteiger partial charge on any atom is -0.506 e. The molecule has 0 aromatic heterocycles. The molecule has 5 aliphatic heterocycles. The zero-order chi connectivity index (χ0) is 22.7. The average molecular weight is 423 g/mol. The highest BCUT2D eigenvalue weighted by atomic mass is 16.3. The van der Waals surface area contributed by atoms with E-state index in [0.717, 1.165) is 73.4 Å². The van der Waals surface area contributed by atoms with E-state index in [2.05, 4.69) is 59.0 Å². The fraction of sp³-hybridized carbons (Fsp3) is 0.222. The number of aliphatic hydroxyl groups excluding tert-OH is 1. The van der Waals surface area contributed by atoms with Crippen LogP contribution in [0.15, 0.2) is 119 Å². The highest BCUT2D eigenvalue weighted by Crippen LogP contribution is 2.33. The van der Waals surface area contributed by atoms with Crippen LogP contribution in [0.25, 0.3) is 0 Å². The Morgan fingerprint density at radius 2 is 1.00 bits per heavy atom. The lowest BCUT2D eigenvalue weighted by Gasteiger charge is -2.15. The summed E-state index contributed by atoms with van der Waals surface area (Å²) in [5.41, 5.74) is 13.7. The molecule has 0 aromatic rings. The van der Waals surface area contributed by atoms with Crippen molar-refractivity contribution in [2.75, 3.05) is 0 Å². The van der Waals surface area contributed by atoms with Crippen LogP contribution in [-0.2, 0) is 0 Å². The van der Waals surface area contributed by atoms with E-state index in [-0.39, 0.29) is 5.76 Å². The smallest absolute Gasteiger partial charge is 0.139 e. The zero-order valence-corrected chi connectivity index (χ0v) is 19.3. The fourth-order valence-electron chi connectivity index (χ4n) is 4.15. The maximum atomic E-state index is 10.5. The van der Waals surface area contributed by atoms with E-state index in [1.54, 1.807) is 6.08 Å². The molecule has 0 fully saturated rings. The van der Waals surface area contributed by atoms with Crippen molar-refractivity contribution < 1.29 is 5.11 Å². The first-order valence-corrected chi connectivity index (χ1v) is 10.8. The van der Waals surface area contributed by atoms with Gasteiger partial charge in [-0.2, -0.15) is 0 Å². The average Bonchev–Trinajstić information content (AvgIpc) is 3.29. The summed E-state index contributed by atoms with van der Waals surface area (Å²) in [6.07, 6.45) is 11.6. The number of aliphatic imine (C=N–C) groups is 3. The lowest BCUT2D eigenvalue weighted by molar-refractivity contribution is 0.421. The molecule has 0 saturated heterocycles. The number of hydrogen-bond acceptors (Lipinski definition) is 5. The summed E-state index contributed by atoms with van der Waals surface area (Å²) in [6.45, 7) is 12.5. The molecule has 5 heterocycles. The zero-order valence-electron chi connectivity index (χ0n) is 19.3. The third-order valence-corrected chi connectivity index (χ3v) is 6.81. The molecule has 5 aliphatic rings. The van der Waals surface area contributed by atoms with Crippen molar-refractivity contribution in [2.45, 2.75) is 41.5 Å². The van der Waals surface area contributed by atoms with Gasteiger partial charge in [-0.1, -0.05) is 0 Å². The Kier molecular flexibility index (Phi) is 4.52. The van der Waals surface area contributed by atoms with Crippen LogP contribution in [-0.4, -0.2) is 22.2 Å². The molecule has 8 bridgehead atoms. The molecule has 0 amide bonds. The van der Waals surface area contributed by atoms with E-state index < -0.39 is 0 Å². The van der Waals surface area contributed by atoms with E-state index in [9.17, 15) is 5.11 Å². The van der Waals surface area contributed by atoms with Gasteiger partial charge in [0.15, 0.2) is 0 Å². The van der Waals surface area contributed by atoms with Crippen molar-refractivity contribution in [3.63, 3.8) is 0 Å². The van der Waals surface area contributed by atoms with Crippen LogP contribution < -0.4 is 5.32 Å². The standard InChI is InChI=1S/C27H26N4O/c1-13-14(2)21-10-22-15(3)16(4)23(30-22)11-24-17(5)18(6)25(31-24)12-26-27(32)8-7-19(28-26)9-20(13)29-21/h7-12,28,32H,1-6H3. The van der Waals surface area contributed by atoms with Gasteiger partial charge >= 0.3 is 0 Å². The van der Waals surface area contributed by atoms with E-state index in [1.165, 1.54) is 0 Å². The molecule has 5 heteroatoms. The van der Waals surface area contributed by atoms with Crippen LogP contribution in [0.3, 0.4) is 0 Å². The van der Waals surface area contributed by atoms with Gasteiger partial charge < -0.3 is 10.4 Å². The topological polar surface area (TPSA) is 69.3 Å². The number of allylic oxidation sites excluding steroid dienone is 12. The summed E-state index contributed by atoms with van der Waals surface area (Å²) >= 11 is 0. The predicted molar refractivity (Wildman–Crippen MR) is 132 cm³/mol. The number of aliphatic hydroxyl groups is 1. The Hall–Kier alpha value is -3.73. The molecular formula is C27H26N4O. The van der Waals surface area contributed by atoms with Gasteiger partial charge in [-0.25, -0.2) is 15.0 Å². The summed E-state index contributed by atoms with van der Waals surface area (Å²) < 4.78 is 0. The number of nitrogens with one attached hydrogen (secondary N) is 1. The molecule has 0 atom stereocenters. The third kappa shape index (κ3) is 3.12. The molecule has 0 aromatic carbocycles. The number of dihydropyridines is 1. The molecule has 0 aliphatic carbocycles. The number of rotatable bonds is 0. The van der Waals surface area contributed by atoms with E-state index >= 15 is 0 Å². The van der Waals surface area contributed by atoms with Crippen molar-refractivity contribution >= 4 is 17.1 Å². The normalized spacial score (nSPS) is 22.5. The van der Waals surface area contributed by atoms with Gasteiger partial charge in [0.1, 0.15) is 5.76 Å². The highest BCUT2D eigenvalue weighted by Gasteiger charge is 2.24. The Balaban J connectivity index is 1.76. The van der Waals surface area contributed by atoms with Crippen molar-refractivity contribution in [1.82, 2.24) is 5.32 Å². The number of hydrogen-bond donors (Lipinski definition) is 2. The van der Waals surface area contributed by atoms with Gasteiger partial charge in [0.05, 0.1) is 39.9 Å². The first kappa shape index (κ1) is 20.2. The van der Waals surface area contributed by atoms with Crippen LogP contribution in [0.1, 0.15) is 41.5 Å². The number of nitrogens with zero attached hydrogens (tertiary/aromatic N) is 3. The molecule has 0 saturated carbocycles. The largest absolute Gasteiger partial charge is 0.506 e. The number of fused-ring (bicyclic) bond motifs is 5. The van der Waals surface area contributed by atoms with Crippen molar-refractivity contribution in [1.29, 1.82) is 0 Å². The van der Waals surface area contributed by atoms with Crippen LogP contribution >= 0.6 is 0 Å². The molecule has 0 radical (unpaired) electrons. The Morgan fingerprint density at radius 3 is 1.50 bits per heavy atom. The lowest BCUT2D eigenvalue weighted by atomic mass is 10.0. The Bertz CT molecular complexity index is 1370. The van der Waals surface area contributed by atoms with Crippen LogP contribution in [0.4, 0.5) is 0 Å². The summed E-state index contributed by atoms with van der Waals surface area (Å²) in [7, 11) is 0. The summed E-state index contributed by atoms with van der Waals surface area (Å²) in [5.74, 6) is 0.181. The van der Waals surface area contributed by atoms with Crippen LogP contribution in [0.2, 0.25) is 0 Å². The van der Waals surface area contributed by atoms with Crippen molar-refractivity contribution in [3.05, 3.63) is 104 Å². The quantitative estimate of drug-likeness (QED) is 0.515. The van der Waals surface area contributed by atoms with Gasteiger partial charge in [0.25, 0.3) is 0 Å². The summed E-state index contributed by atoms with van der Waals surface area (Å²) in [4.78, 5) is 14.7. The SMILES string of the molecule is CC1=C(C)C2=NC1=CC1=NC(=CC3=NC(=CC4=C(O)C=CC(=C2)N4)C(C)=C3C)C(C)=C1C. The lowest BCUT2D eigenvalue weighted by Crippen LogP contribution is -2.17. The van der Waals surface area contributed by atoms with Crippen molar-refractivity contribution in [2.24, 2.45) is 15.0 Å². The maximum Gasteiger partial charge on any atom is 0.139 e. The van der Waals surface area contributed by atoms with Gasteiger partial charge in [-0.15, -0.1) is 0 Å². The van der Waals surface area contributed by atoms with E-state index in [4.69, 9.17) is 15.0 Å². The summed E-state index contributed by atoms with van der Waals surface area (Å²) in [5, 5.41) is 13.8.